The minimum atomic E-state index is -0.0981. The van der Waals surface area contributed by atoms with Gasteiger partial charge in [0.05, 0.1) is 22.3 Å². The first-order valence-electron chi connectivity index (χ1n) is 10.5. The third kappa shape index (κ3) is 5.13. The number of aryl methyl sites for hydroxylation is 1. The van der Waals surface area contributed by atoms with Crippen molar-refractivity contribution in [3.8, 4) is 0 Å². The summed E-state index contributed by atoms with van der Waals surface area (Å²) >= 11 is 8.99. The molecule has 0 aliphatic heterocycles. The molecule has 0 unspecified atom stereocenters. The maximum absolute atomic E-state index is 13.0. The Morgan fingerprint density at radius 3 is 2.76 bits per heavy atom. The molecule has 33 heavy (non-hydrogen) atoms. The molecule has 0 saturated carbocycles. The molecule has 9 heteroatoms. The Morgan fingerprint density at radius 1 is 1.21 bits per heavy atom. The molecule has 6 nitrogen and oxygen atoms in total. The molecule has 0 fully saturated rings. The maximum Gasteiger partial charge on any atom is 0.262 e. The number of thioether (sulfide) groups is 1. The highest BCUT2D eigenvalue weighted by molar-refractivity contribution is 7.98. The molecule has 0 bridgehead atoms. The van der Waals surface area contributed by atoms with Crippen LogP contribution in [-0.2, 0) is 17.1 Å². The first-order chi connectivity index (χ1) is 15.9. The number of amides is 1. The zero-order valence-electron chi connectivity index (χ0n) is 18.5. The van der Waals surface area contributed by atoms with E-state index in [1.54, 1.807) is 27.7 Å². The van der Waals surface area contributed by atoms with Gasteiger partial charge in [0, 0.05) is 29.6 Å². The molecule has 0 aliphatic carbocycles. The molecule has 2 aromatic carbocycles. The van der Waals surface area contributed by atoms with Crippen LogP contribution < -0.4 is 10.5 Å². The highest BCUT2D eigenvalue weighted by atomic mass is 35.5. The summed E-state index contributed by atoms with van der Waals surface area (Å²) in [6, 6.07) is 12.9. The molecular weight excluding hydrogens is 476 g/mol. The number of nitrogens with zero attached hydrogens (tertiary/aromatic N) is 4. The van der Waals surface area contributed by atoms with Crippen LogP contribution in [0.1, 0.15) is 31.5 Å². The van der Waals surface area contributed by atoms with Gasteiger partial charge < -0.3 is 0 Å². The fraction of sp³-hybridized carbons (Fsp3) is 0.250. The lowest BCUT2D eigenvalue weighted by Crippen LogP contribution is -2.23. The minimum Gasteiger partial charge on any atom is -0.287 e. The number of benzene rings is 2. The van der Waals surface area contributed by atoms with Crippen LogP contribution in [-0.4, -0.2) is 20.4 Å². The Hall–Kier alpha value is -2.68. The number of carbonyl (C=O) groups is 1. The Bertz CT molecular complexity index is 1380. The smallest absolute Gasteiger partial charge is 0.262 e. The molecule has 4 rings (SSSR count). The molecule has 0 aliphatic rings. The van der Waals surface area contributed by atoms with Crippen molar-refractivity contribution in [3.63, 3.8) is 0 Å². The Morgan fingerprint density at radius 2 is 2.03 bits per heavy atom. The lowest BCUT2D eigenvalue weighted by Gasteiger charge is -2.18. The van der Waals surface area contributed by atoms with Gasteiger partial charge in [0.15, 0.2) is 10.3 Å². The quantitative estimate of drug-likeness (QED) is 0.224. The lowest BCUT2D eigenvalue weighted by molar-refractivity contribution is -0.115. The predicted molar refractivity (Wildman–Crippen MR) is 137 cm³/mol. The van der Waals surface area contributed by atoms with E-state index in [0.717, 1.165) is 23.4 Å². The topological polar surface area (TPSA) is 68.1 Å². The monoisotopic (exact) mass is 498 g/mol. The number of rotatable bonds is 7. The van der Waals surface area contributed by atoms with Gasteiger partial charge in [-0.05, 0) is 49.2 Å². The number of hydrogen-bond acceptors (Lipinski definition) is 6. The summed E-state index contributed by atoms with van der Waals surface area (Å²) in [6.07, 6.45) is 0.819. The van der Waals surface area contributed by atoms with Crippen LogP contribution in [0.5, 0.6) is 0 Å². The first-order valence-corrected chi connectivity index (χ1v) is 12.8. The van der Waals surface area contributed by atoms with E-state index in [1.807, 2.05) is 43.5 Å². The summed E-state index contributed by atoms with van der Waals surface area (Å²) in [5, 5.41) is 4.29. The van der Waals surface area contributed by atoms with Gasteiger partial charge >= 0.3 is 0 Å². The Labute approximate surface area is 205 Å². The third-order valence-electron chi connectivity index (χ3n) is 4.98. The van der Waals surface area contributed by atoms with Crippen molar-refractivity contribution in [3.05, 3.63) is 74.5 Å². The second-order valence-electron chi connectivity index (χ2n) is 7.62. The maximum atomic E-state index is 13.0. The van der Waals surface area contributed by atoms with Crippen LogP contribution in [0, 0.1) is 6.92 Å². The van der Waals surface area contributed by atoms with E-state index in [4.69, 9.17) is 21.6 Å². The summed E-state index contributed by atoms with van der Waals surface area (Å²) in [5.74, 6) is 0.428. The number of hydrogen-bond donors (Lipinski definition) is 0. The van der Waals surface area contributed by atoms with Gasteiger partial charge in [-0.25, -0.2) is 9.97 Å². The number of fused-ring (bicyclic) bond motifs is 1. The van der Waals surface area contributed by atoms with Crippen molar-refractivity contribution in [2.24, 2.45) is 0 Å². The van der Waals surface area contributed by atoms with Crippen molar-refractivity contribution in [1.29, 1.82) is 0 Å². The van der Waals surface area contributed by atoms with Crippen molar-refractivity contribution in [2.75, 3.05) is 4.90 Å². The molecule has 0 N–H and O–H groups in total. The average Bonchev–Trinajstić information content (AvgIpc) is 3.22. The summed E-state index contributed by atoms with van der Waals surface area (Å²) in [4.78, 5) is 36.4. The molecule has 170 valence electrons. The number of halogens is 1. The van der Waals surface area contributed by atoms with Crippen LogP contribution >= 0.6 is 34.7 Å². The van der Waals surface area contributed by atoms with Gasteiger partial charge in [-0.2, -0.15) is 0 Å². The summed E-state index contributed by atoms with van der Waals surface area (Å²) < 4.78 is 1.71. The molecule has 0 radical (unpaired) electrons. The van der Waals surface area contributed by atoms with Crippen molar-refractivity contribution in [2.45, 2.75) is 44.6 Å². The molecule has 4 aromatic rings. The highest BCUT2D eigenvalue weighted by Crippen LogP contribution is 2.31. The third-order valence-corrected chi connectivity index (χ3v) is 7.10. The van der Waals surface area contributed by atoms with E-state index in [2.05, 4.69) is 0 Å². The molecule has 1 amide bonds. The first kappa shape index (κ1) is 23.5. The molecule has 0 saturated heterocycles. The van der Waals surface area contributed by atoms with Gasteiger partial charge in [-0.3, -0.25) is 19.1 Å². The van der Waals surface area contributed by atoms with Gasteiger partial charge in [0.25, 0.3) is 5.56 Å². The van der Waals surface area contributed by atoms with Crippen LogP contribution in [0.25, 0.3) is 10.9 Å². The molecule has 2 aromatic heterocycles. The fourth-order valence-electron chi connectivity index (χ4n) is 3.50. The second kappa shape index (κ2) is 10.1. The van der Waals surface area contributed by atoms with E-state index in [1.165, 1.54) is 30.0 Å². The van der Waals surface area contributed by atoms with Crippen LogP contribution in [0.3, 0.4) is 0 Å². The standard InChI is InChI=1S/C24H23ClN4O2S2/c1-4-10-28-22(31)20-9-8-17(25)12-21(20)27-23(28)32-13-18-14-33-24(26-18)29(16(3)30)19-7-5-6-15(2)11-19/h5-9,11-12,14H,4,10,13H2,1-3H3. The summed E-state index contributed by atoms with van der Waals surface area (Å²) in [6.45, 7) is 6.14. The SMILES string of the molecule is CCCn1c(SCc2csc(N(C(C)=O)c3cccc(C)c3)n2)nc2cc(Cl)ccc2c1=O. The van der Waals surface area contributed by atoms with Crippen molar-refractivity contribution in [1.82, 2.24) is 14.5 Å². The van der Waals surface area contributed by atoms with Crippen LogP contribution in [0.4, 0.5) is 10.8 Å². The number of carbonyl (C=O) groups excluding carboxylic acids is 1. The van der Waals surface area contributed by atoms with Gasteiger partial charge in [0.1, 0.15) is 0 Å². The Balaban J connectivity index is 1.62. The van der Waals surface area contributed by atoms with Crippen LogP contribution in [0.15, 0.2) is 57.8 Å². The van der Waals surface area contributed by atoms with Crippen LogP contribution in [0.2, 0.25) is 5.02 Å². The van der Waals surface area contributed by atoms with E-state index in [9.17, 15) is 9.59 Å². The second-order valence-corrected chi connectivity index (χ2v) is 9.83. The van der Waals surface area contributed by atoms with Gasteiger partial charge in [-0.15, -0.1) is 11.3 Å². The fourth-order valence-corrected chi connectivity index (χ4v) is 5.58. The molecule has 0 atom stereocenters. The Kier molecular flexibility index (Phi) is 7.17. The number of anilines is 2. The van der Waals surface area contributed by atoms with E-state index in [-0.39, 0.29) is 11.5 Å². The lowest BCUT2D eigenvalue weighted by atomic mass is 10.2. The normalized spacial score (nSPS) is 11.2. The average molecular weight is 499 g/mol. The largest absolute Gasteiger partial charge is 0.287 e. The predicted octanol–water partition coefficient (Wildman–Crippen LogP) is 6.20. The van der Waals surface area contributed by atoms with Crippen molar-refractivity contribution < 1.29 is 4.79 Å². The van der Waals surface area contributed by atoms with E-state index >= 15 is 0 Å². The summed E-state index contributed by atoms with van der Waals surface area (Å²) in [7, 11) is 0. The molecular formula is C24H23ClN4O2S2. The van der Waals surface area contributed by atoms with Crippen molar-refractivity contribution >= 4 is 62.3 Å². The summed E-state index contributed by atoms with van der Waals surface area (Å²) in [5.41, 5.74) is 3.21. The van der Waals surface area contributed by atoms with E-state index in [0.29, 0.717) is 38.5 Å². The molecule has 0 spiro atoms. The highest BCUT2D eigenvalue weighted by Gasteiger charge is 2.19. The molecule has 2 heterocycles. The minimum absolute atomic E-state index is 0.0674. The van der Waals surface area contributed by atoms with Gasteiger partial charge in [0.2, 0.25) is 5.91 Å². The zero-order chi connectivity index (χ0) is 23.5. The zero-order valence-corrected chi connectivity index (χ0v) is 20.9. The number of aromatic nitrogens is 3. The van der Waals surface area contributed by atoms with Gasteiger partial charge in [-0.1, -0.05) is 42.4 Å². The number of thiazole rings is 1. The van der Waals surface area contributed by atoms with E-state index < -0.39 is 0 Å².